The Hall–Kier alpha value is -0.390. The Kier molecular flexibility index (Phi) is 5.03. The van der Waals surface area contributed by atoms with E-state index in [9.17, 15) is 4.39 Å². The normalized spacial score (nSPS) is 29.0. The van der Waals surface area contributed by atoms with Crippen LogP contribution in [0, 0.1) is 5.82 Å². The molecule has 1 aromatic carbocycles. The van der Waals surface area contributed by atoms with E-state index in [-0.39, 0.29) is 11.9 Å². The third-order valence-corrected chi connectivity index (χ3v) is 7.04. The second kappa shape index (κ2) is 6.37. The van der Waals surface area contributed by atoms with Crippen molar-refractivity contribution in [1.82, 2.24) is 0 Å². The van der Waals surface area contributed by atoms with Crippen LogP contribution in [0.25, 0.3) is 0 Å². The maximum Gasteiger partial charge on any atom is 0.123 e. The van der Waals surface area contributed by atoms with Crippen molar-refractivity contribution >= 4 is 23.5 Å². The average Bonchev–Trinajstić information content (AvgIpc) is 2.41. The average molecular weight is 301 g/mol. The lowest BCUT2D eigenvalue weighted by molar-refractivity contribution is 0.404. The summed E-state index contributed by atoms with van der Waals surface area (Å²) in [5.74, 6) is 1.41. The van der Waals surface area contributed by atoms with E-state index in [1.807, 2.05) is 23.5 Å². The largest absolute Gasteiger partial charge is 0.496 e. The number of rotatable bonds is 3. The quantitative estimate of drug-likeness (QED) is 0.927. The van der Waals surface area contributed by atoms with Crippen molar-refractivity contribution in [2.24, 2.45) is 5.73 Å². The summed E-state index contributed by atoms with van der Waals surface area (Å²) in [5, 5.41) is 1.50. The number of nitrogens with two attached hydrogens (primary N) is 1. The smallest absolute Gasteiger partial charge is 0.123 e. The van der Waals surface area contributed by atoms with E-state index in [0.717, 1.165) is 11.3 Å². The van der Waals surface area contributed by atoms with Crippen LogP contribution in [-0.2, 0) is 0 Å². The first-order valence-corrected chi connectivity index (χ1v) is 8.38. The molecule has 1 aliphatic rings. The second-order valence-corrected chi connectivity index (χ2v) is 7.86. The van der Waals surface area contributed by atoms with Gasteiger partial charge in [0.1, 0.15) is 11.6 Å². The number of thioether (sulfide) groups is 2. The summed E-state index contributed by atoms with van der Waals surface area (Å²) in [6.45, 7) is 4.47. The molecule has 0 aromatic heterocycles. The van der Waals surface area contributed by atoms with Crippen LogP contribution >= 0.6 is 23.5 Å². The molecule has 0 amide bonds. The third-order valence-electron chi connectivity index (χ3n) is 3.53. The molecular formula is C14H20FNOS2. The van der Waals surface area contributed by atoms with Crippen LogP contribution in [0.3, 0.4) is 0 Å². The molecule has 106 valence electrons. The number of methoxy groups -OCH3 is 1. The first kappa shape index (κ1) is 15.0. The molecule has 4 unspecified atom stereocenters. The van der Waals surface area contributed by atoms with Gasteiger partial charge in [0.25, 0.3) is 0 Å². The second-order valence-electron chi connectivity index (χ2n) is 4.83. The summed E-state index contributed by atoms with van der Waals surface area (Å²) >= 11 is 3.84. The highest BCUT2D eigenvalue weighted by atomic mass is 32.2. The lowest BCUT2D eigenvalue weighted by atomic mass is 10.0. The van der Waals surface area contributed by atoms with Gasteiger partial charge >= 0.3 is 0 Å². The Morgan fingerprint density at radius 1 is 1.37 bits per heavy atom. The monoisotopic (exact) mass is 301 g/mol. The predicted octanol–water partition coefficient (Wildman–Crippen LogP) is 3.46. The van der Waals surface area contributed by atoms with Crippen molar-refractivity contribution in [3.63, 3.8) is 0 Å². The number of hydrogen-bond acceptors (Lipinski definition) is 4. The molecule has 1 aromatic rings. The lowest BCUT2D eigenvalue weighted by Crippen LogP contribution is -2.34. The van der Waals surface area contributed by atoms with Gasteiger partial charge in [0, 0.05) is 33.1 Å². The van der Waals surface area contributed by atoms with Gasteiger partial charge in [0.05, 0.1) is 7.11 Å². The minimum atomic E-state index is -0.263. The third kappa shape index (κ3) is 3.38. The first-order valence-electron chi connectivity index (χ1n) is 6.39. The fourth-order valence-corrected chi connectivity index (χ4v) is 5.20. The number of benzene rings is 1. The lowest BCUT2D eigenvalue weighted by Gasteiger charge is -2.34. The van der Waals surface area contributed by atoms with Gasteiger partial charge in [-0.05, 0) is 18.2 Å². The van der Waals surface area contributed by atoms with Crippen LogP contribution in [-0.4, -0.2) is 28.6 Å². The van der Waals surface area contributed by atoms with Crippen LogP contribution in [0.2, 0.25) is 0 Å². The van der Waals surface area contributed by atoms with Crippen molar-refractivity contribution in [3.05, 3.63) is 29.6 Å². The molecule has 2 N–H and O–H groups in total. The van der Waals surface area contributed by atoms with E-state index in [2.05, 4.69) is 13.8 Å². The Bertz CT molecular complexity index is 443. The summed E-state index contributed by atoms with van der Waals surface area (Å²) in [6, 6.07) is 4.36. The van der Waals surface area contributed by atoms with E-state index in [1.165, 1.54) is 12.1 Å². The molecule has 1 fully saturated rings. The zero-order chi connectivity index (χ0) is 14.0. The number of ether oxygens (including phenoxy) is 1. The minimum Gasteiger partial charge on any atom is -0.496 e. The van der Waals surface area contributed by atoms with Crippen LogP contribution < -0.4 is 10.5 Å². The number of halogens is 1. The van der Waals surface area contributed by atoms with Crippen LogP contribution in [0.1, 0.15) is 25.5 Å². The van der Waals surface area contributed by atoms with Gasteiger partial charge in [0.15, 0.2) is 0 Å². The highest BCUT2D eigenvalue weighted by Crippen LogP contribution is 2.41. The van der Waals surface area contributed by atoms with Crippen molar-refractivity contribution in [2.75, 3.05) is 12.9 Å². The van der Waals surface area contributed by atoms with Crippen LogP contribution in [0.5, 0.6) is 5.75 Å². The first-order chi connectivity index (χ1) is 9.02. The Balaban J connectivity index is 2.19. The SMILES string of the molecule is COc1ccc(F)cc1C(N)C1CSC(C)C(C)S1. The van der Waals surface area contributed by atoms with E-state index in [0.29, 0.717) is 21.5 Å². The predicted molar refractivity (Wildman–Crippen MR) is 82.6 cm³/mol. The van der Waals surface area contributed by atoms with Crippen molar-refractivity contribution < 1.29 is 9.13 Å². The molecule has 2 nitrogen and oxygen atoms in total. The van der Waals surface area contributed by atoms with E-state index >= 15 is 0 Å². The molecule has 1 heterocycles. The van der Waals surface area contributed by atoms with E-state index in [4.69, 9.17) is 10.5 Å². The van der Waals surface area contributed by atoms with Gasteiger partial charge in [0.2, 0.25) is 0 Å². The molecule has 0 bridgehead atoms. The Morgan fingerprint density at radius 2 is 2.11 bits per heavy atom. The highest BCUT2D eigenvalue weighted by Gasteiger charge is 2.31. The van der Waals surface area contributed by atoms with Gasteiger partial charge in [-0.25, -0.2) is 4.39 Å². The van der Waals surface area contributed by atoms with Gasteiger partial charge in [-0.15, -0.1) is 0 Å². The van der Waals surface area contributed by atoms with Crippen LogP contribution in [0.15, 0.2) is 18.2 Å². The van der Waals surface area contributed by atoms with Gasteiger partial charge in [-0.3, -0.25) is 0 Å². The molecule has 0 aliphatic carbocycles. The highest BCUT2D eigenvalue weighted by molar-refractivity contribution is 8.07. The summed E-state index contributed by atoms with van der Waals surface area (Å²) in [7, 11) is 1.59. The van der Waals surface area contributed by atoms with Crippen molar-refractivity contribution in [1.29, 1.82) is 0 Å². The molecule has 5 heteroatoms. The molecule has 1 aliphatic heterocycles. The maximum atomic E-state index is 13.4. The zero-order valence-electron chi connectivity index (χ0n) is 11.4. The van der Waals surface area contributed by atoms with E-state index < -0.39 is 0 Å². The molecule has 0 spiro atoms. The Labute approximate surface area is 122 Å². The molecule has 19 heavy (non-hydrogen) atoms. The molecule has 0 radical (unpaired) electrons. The summed E-state index contributed by atoms with van der Waals surface area (Å²) < 4.78 is 18.7. The minimum absolute atomic E-state index is 0.196. The molecule has 4 atom stereocenters. The van der Waals surface area contributed by atoms with Gasteiger partial charge < -0.3 is 10.5 Å². The fraction of sp³-hybridized carbons (Fsp3) is 0.571. The fourth-order valence-electron chi connectivity index (χ4n) is 2.16. The van der Waals surface area contributed by atoms with Crippen LogP contribution in [0.4, 0.5) is 4.39 Å². The maximum absolute atomic E-state index is 13.4. The number of hydrogen-bond donors (Lipinski definition) is 1. The summed E-state index contributed by atoms with van der Waals surface area (Å²) in [6.07, 6.45) is 0. The molecule has 0 saturated carbocycles. The van der Waals surface area contributed by atoms with Gasteiger partial charge in [-0.1, -0.05) is 13.8 Å². The van der Waals surface area contributed by atoms with Crippen molar-refractivity contribution in [3.8, 4) is 5.75 Å². The van der Waals surface area contributed by atoms with E-state index in [1.54, 1.807) is 13.2 Å². The molecule has 2 rings (SSSR count). The standard InChI is InChI=1S/C14H20FNOS2/c1-8-9(2)19-13(7-18-8)14(16)11-6-10(15)4-5-12(11)17-3/h4-6,8-9,13-14H,7,16H2,1-3H3. The zero-order valence-corrected chi connectivity index (χ0v) is 13.1. The topological polar surface area (TPSA) is 35.2 Å². The Morgan fingerprint density at radius 3 is 2.74 bits per heavy atom. The molecular weight excluding hydrogens is 281 g/mol. The summed E-state index contributed by atoms with van der Waals surface area (Å²) in [5.41, 5.74) is 7.11. The van der Waals surface area contributed by atoms with Gasteiger partial charge in [-0.2, -0.15) is 23.5 Å². The van der Waals surface area contributed by atoms with Crippen molar-refractivity contribution in [2.45, 2.75) is 35.6 Å². The molecule has 1 saturated heterocycles. The summed E-state index contributed by atoms with van der Waals surface area (Å²) in [4.78, 5) is 0.